The van der Waals surface area contributed by atoms with Gasteiger partial charge in [0.25, 0.3) is 11.8 Å². The Morgan fingerprint density at radius 2 is 1.85 bits per heavy atom. The number of halogens is 2. The summed E-state index contributed by atoms with van der Waals surface area (Å²) in [5.41, 5.74) is 4.45. The number of anilines is 4. The van der Waals surface area contributed by atoms with Gasteiger partial charge in [0.2, 0.25) is 5.95 Å². The molecular formula is C27H36F2N8O3. The second-order valence-electron chi connectivity index (χ2n) is 10.8. The van der Waals surface area contributed by atoms with Crippen molar-refractivity contribution in [2.24, 2.45) is 0 Å². The molecule has 0 spiro atoms. The summed E-state index contributed by atoms with van der Waals surface area (Å²) < 4.78 is 29.9. The van der Waals surface area contributed by atoms with Crippen LogP contribution in [0.4, 0.5) is 31.9 Å². The number of hydrogen-bond acceptors (Lipinski definition) is 9. The second-order valence-corrected chi connectivity index (χ2v) is 10.8. The summed E-state index contributed by atoms with van der Waals surface area (Å²) in [4.78, 5) is 39.0. The number of hydrazine groups is 1. The lowest BCUT2D eigenvalue weighted by molar-refractivity contribution is -0.140. The van der Waals surface area contributed by atoms with Crippen LogP contribution < -0.4 is 20.5 Å². The predicted molar refractivity (Wildman–Crippen MR) is 147 cm³/mol. The number of amides is 2. The number of rotatable bonds is 6. The maximum absolute atomic E-state index is 14.9. The Morgan fingerprint density at radius 3 is 2.55 bits per heavy atom. The van der Waals surface area contributed by atoms with E-state index >= 15 is 0 Å². The third-order valence-electron chi connectivity index (χ3n) is 7.93. The molecule has 2 amide bonds. The molecule has 5 rings (SSSR count). The maximum Gasteiger partial charge on any atom is 0.342 e. The van der Waals surface area contributed by atoms with Crippen molar-refractivity contribution in [3.8, 4) is 0 Å². The van der Waals surface area contributed by atoms with E-state index < -0.39 is 18.4 Å². The molecule has 3 aliphatic rings. The highest BCUT2D eigenvalue weighted by Crippen LogP contribution is 2.39. The zero-order chi connectivity index (χ0) is 28.4. The van der Waals surface area contributed by atoms with E-state index in [1.165, 1.54) is 13.2 Å². The number of piperazine rings is 1. The maximum atomic E-state index is 14.9. The Bertz CT molecular complexity index is 1250. The average Bonchev–Trinajstić information content (AvgIpc) is 3.03. The topological polar surface area (TPSA) is 117 Å². The SMILES string of the molecule is CN1CCN(NC(=O)c2ccc(Nc3ncc4c(n3)N(C3CCCCC3)CC(F)(F)C(=O)N4C)c(CO)c2)CC1. The molecule has 3 N–H and O–H groups in total. The highest BCUT2D eigenvalue weighted by atomic mass is 19.3. The normalized spacial score (nSPS) is 20.7. The molecular weight excluding hydrogens is 522 g/mol. The third kappa shape index (κ3) is 5.86. The van der Waals surface area contributed by atoms with Crippen molar-refractivity contribution in [3.63, 3.8) is 0 Å². The lowest BCUT2D eigenvalue weighted by Gasteiger charge is -2.35. The molecule has 2 aromatic rings. The first-order valence-electron chi connectivity index (χ1n) is 13.7. The third-order valence-corrected chi connectivity index (χ3v) is 7.93. The molecule has 1 aromatic carbocycles. The number of likely N-dealkylation sites (N-methyl/N-ethyl adjacent to an activating group) is 1. The van der Waals surface area contributed by atoms with Crippen molar-refractivity contribution in [2.75, 3.05) is 61.9 Å². The minimum absolute atomic E-state index is 0.134. The van der Waals surface area contributed by atoms with Gasteiger partial charge >= 0.3 is 5.92 Å². The highest BCUT2D eigenvalue weighted by Gasteiger charge is 2.48. The number of alkyl halides is 2. The van der Waals surface area contributed by atoms with Gasteiger partial charge in [-0.3, -0.25) is 15.0 Å². The van der Waals surface area contributed by atoms with Gasteiger partial charge in [-0.05, 0) is 38.1 Å². The first kappa shape index (κ1) is 28.1. The van der Waals surface area contributed by atoms with Gasteiger partial charge in [0.15, 0.2) is 5.82 Å². The van der Waals surface area contributed by atoms with E-state index in [1.807, 2.05) is 12.1 Å². The highest BCUT2D eigenvalue weighted by molar-refractivity contribution is 6.02. The number of carbonyl (C=O) groups excluding carboxylic acids is 2. The quantitative estimate of drug-likeness (QED) is 0.491. The lowest BCUT2D eigenvalue weighted by Crippen LogP contribution is -2.52. The Kier molecular flexibility index (Phi) is 8.15. The van der Waals surface area contributed by atoms with Crippen molar-refractivity contribution in [1.82, 2.24) is 25.3 Å². The smallest absolute Gasteiger partial charge is 0.342 e. The second kappa shape index (κ2) is 11.6. The standard InChI is InChI=1S/C27H36F2N8O3/c1-34-10-12-36(13-11-34)33-24(39)18-8-9-21(19(14-18)16-38)31-26-30-15-22-23(32-26)37(20-6-4-3-5-7-20)17-27(28,29)25(40)35(22)2/h8-9,14-15,20,38H,3-7,10-13,16-17H2,1-2H3,(H,33,39)(H,30,31,32). The zero-order valence-electron chi connectivity index (χ0n) is 22.9. The van der Waals surface area contributed by atoms with Crippen molar-refractivity contribution in [2.45, 2.75) is 50.7 Å². The summed E-state index contributed by atoms with van der Waals surface area (Å²) in [6, 6.07) is 4.73. The molecule has 1 aromatic heterocycles. The van der Waals surface area contributed by atoms with Crippen LogP contribution in [-0.4, -0.2) is 95.6 Å². The van der Waals surface area contributed by atoms with E-state index in [9.17, 15) is 23.5 Å². The summed E-state index contributed by atoms with van der Waals surface area (Å²) in [5.74, 6) is -4.72. The molecule has 13 heteroatoms. The van der Waals surface area contributed by atoms with Crippen LogP contribution in [0, 0.1) is 0 Å². The number of aromatic nitrogens is 2. The average molecular weight is 559 g/mol. The van der Waals surface area contributed by atoms with Crippen LogP contribution in [0.2, 0.25) is 0 Å². The number of carbonyl (C=O) groups is 2. The van der Waals surface area contributed by atoms with Gasteiger partial charge in [-0.2, -0.15) is 13.8 Å². The minimum Gasteiger partial charge on any atom is -0.392 e. The van der Waals surface area contributed by atoms with Crippen LogP contribution >= 0.6 is 0 Å². The first-order chi connectivity index (χ1) is 19.2. The summed E-state index contributed by atoms with van der Waals surface area (Å²) in [6.45, 7) is 2.05. The Morgan fingerprint density at radius 1 is 1.12 bits per heavy atom. The fourth-order valence-electron chi connectivity index (χ4n) is 5.52. The van der Waals surface area contributed by atoms with Gasteiger partial charge < -0.3 is 25.1 Å². The molecule has 1 saturated carbocycles. The molecule has 40 heavy (non-hydrogen) atoms. The minimum atomic E-state index is -3.56. The molecule has 1 aliphatic carbocycles. The summed E-state index contributed by atoms with van der Waals surface area (Å²) >= 11 is 0. The Hall–Kier alpha value is -3.42. The number of nitrogens with one attached hydrogen (secondary N) is 2. The van der Waals surface area contributed by atoms with Crippen molar-refractivity contribution in [3.05, 3.63) is 35.5 Å². The number of nitrogens with zero attached hydrogens (tertiary/aromatic N) is 6. The molecule has 3 heterocycles. The van der Waals surface area contributed by atoms with Gasteiger partial charge in [-0.15, -0.1) is 0 Å². The van der Waals surface area contributed by atoms with Crippen molar-refractivity contribution < 1.29 is 23.5 Å². The van der Waals surface area contributed by atoms with E-state index in [0.717, 1.165) is 63.2 Å². The predicted octanol–water partition coefficient (Wildman–Crippen LogP) is 2.36. The van der Waals surface area contributed by atoms with E-state index in [4.69, 9.17) is 0 Å². The number of fused-ring (bicyclic) bond motifs is 1. The van der Waals surface area contributed by atoms with Gasteiger partial charge in [-0.1, -0.05) is 19.3 Å². The van der Waals surface area contributed by atoms with Gasteiger partial charge in [0.1, 0.15) is 5.69 Å². The van der Waals surface area contributed by atoms with Crippen LogP contribution in [0.1, 0.15) is 48.0 Å². The molecule has 2 fully saturated rings. The van der Waals surface area contributed by atoms with Crippen molar-refractivity contribution >= 4 is 35.0 Å². The van der Waals surface area contributed by atoms with Crippen LogP contribution in [0.25, 0.3) is 0 Å². The molecule has 0 radical (unpaired) electrons. The number of aliphatic hydroxyl groups excluding tert-OH is 1. The van der Waals surface area contributed by atoms with Crippen LogP contribution in [0.15, 0.2) is 24.4 Å². The van der Waals surface area contributed by atoms with Gasteiger partial charge in [-0.25, -0.2) is 9.99 Å². The monoisotopic (exact) mass is 558 g/mol. The molecule has 1 saturated heterocycles. The Labute approximate surface area is 232 Å². The van der Waals surface area contributed by atoms with Gasteiger partial charge in [0.05, 0.1) is 19.3 Å². The molecule has 11 nitrogen and oxygen atoms in total. The molecule has 0 atom stereocenters. The van der Waals surface area contributed by atoms with E-state index in [-0.39, 0.29) is 36.0 Å². The largest absolute Gasteiger partial charge is 0.392 e. The Balaban J connectivity index is 1.39. The molecule has 2 aliphatic heterocycles. The summed E-state index contributed by atoms with van der Waals surface area (Å²) in [5, 5.41) is 15.0. The molecule has 216 valence electrons. The van der Waals surface area contributed by atoms with Crippen LogP contribution in [0.5, 0.6) is 0 Å². The van der Waals surface area contributed by atoms with Crippen LogP contribution in [0.3, 0.4) is 0 Å². The van der Waals surface area contributed by atoms with Crippen molar-refractivity contribution in [1.29, 1.82) is 0 Å². The number of aliphatic hydroxyl groups is 1. The van der Waals surface area contributed by atoms with E-state index in [2.05, 4.69) is 25.6 Å². The number of benzene rings is 1. The number of hydrogen-bond donors (Lipinski definition) is 3. The summed E-state index contributed by atoms with van der Waals surface area (Å²) in [6.07, 6.45) is 5.76. The lowest BCUT2D eigenvalue weighted by atomic mass is 9.94. The fraction of sp³-hybridized carbons (Fsp3) is 0.556. The molecule has 0 bridgehead atoms. The van der Waals surface area contributed by atoms with E-state index in [1.54, 1.807) is 23.1 Å². The first-order valence-corrected chi connectivity index (χ1v) is 13.7. The molecule has 0 unspecified atom stereocenters. The van der Waals surface area contributed by atoms with Gasteiger partial charge in [0, 0.05) is 56.1 Å². The van der Waals surface area contributed by atoms with Crippen LogP contribution in [-0.2, 0) is 11.4 Å². The summed E-state index contributed by atoms with van der Waals surface area (Å²) in [7, 11) is 3.35. The fourth-order valence-corrected chi connectivity index (χ4v) is 5.52. The zero-order valence-corrected chi connectivity index (χ0v) is 22.9. The van der Waals surface area contributed by atoms with E-state index in [0.29, 0.717) is 16.8 Å².